The van der Waals surface area contributed by atoms with Crippen molar-refractivity contribution in [2.45, 2.75) is 32.9 Å². The van der Waals surface area contributed by atoms with Gasteiger partial charge in [0.2, 0.25) is 11.8 Å². The van der Waals surface area contributed by atoms with Crippen LogP contribution in [0, 0.1) is 0 Å². The summed E-state index contributed by atoms with van der Waals surface area (Å²) in [5, 5.41) is 6.63. The van der Waals surface area contributed by atoms with Crippen LogP contribution in [0.2, 0.25) is 0 Å². The van der Waals surface area contributed by atoms with Crippen molar-refractivity contribution in [1.82, 2.24) is 15.6 Å². The Bertz CT molecular complexity index is 809. The van der Waals surface area contributed by atoms with Crippen molar-refractivity contribution in [2.24, 2.45) is 4.99 Å². The number of carbonyl (C=O) groups is 1. The summed E-state index contributed by atoms with van der Waals surface area (Å²) in [6.45, 7) is 6.31. The minimum atomic E-state index is 0.00534. The molecule has 2 aromatic rings. The highest BCUT2D eigenvalue weighted by molar-refractivity contribution is 5.97. The van der Waals surface area contributed by atoms with Crippen molar-refractivity contribution in [3.63, 3.8) is 0 Å². The first-order valence-electron chi connectivity index (χ1n) is 9.68. The Morgan fingerprint density at radius 1 is 1.25 bits per heavy atom. The van der Waals surface area contributed by atoms with Gasteiger partial charge in [0.05, 0.1) is 19.2 Å². The molecule has 7 heteroatoms. The van der Waals surface area contributed by atoms with E-state index in [2.05, 4.69) is 20.6 Å². The predicted octanol–water partition coefficient (Wildman–Crippen LogP) is 2.34. The summed E-state index contributed by atoms with van der Waals surface area (Å²) < 4.78 is 5.57. The lowest BCUT2D eigenvalue weighted by molar-refractivity contribution is -0.117. The number of guanidine groups is 1. The Balaban J connectivity index is 1.66. The van der Waals surface area contributed by atoms with Gasteiger partial charge in [0, 0.05) is 37.0 Å². The molecule has 0 aliphatic carbocycles. The number of pyridine rings is 1. The molecule has 1 unspecified atom stereocenters. The van der Waals surface area contributed by atoms with Gasteiger partial charge in [-0.05, 0) is 32.0 Å². The topological polar surface area (TPSA) is 78.9 Å². The molecule has 0 spiro atoms. The number of rotatable bonds is 7. The van der Waals surface area contributed by atoms with Gasteiger partial charge < -0.3 is 20.3 Å². The van der Waals surface area contributed by atoms with E-state index in [0.29, 0.717) is 38.0 Å². The van der Waals surface area contributed by atoms with Crippen LogP contribution in [-0.4, -0.2) is 42.6 Å². The number of benzene rings is 1. The molecule has 1 aliphatic heterocycles. The molecular formula is C21H27N5O2. The largest absolute Gasteiger partial charge is 0.478 e. The molecule has 1 aromatic heterocycles. The molecule has 1 fully saturated rings. The van der Waals surface area contributed by atoms with Crippen molar-refractivity contribution < 1.29 is 9.53 Å². The van der Waals surface area contributed by atoms with Gasteiger partial charge in [0.25, 0.3) is 0 Å². The normalized spacial score (nSPS) is 16.9. The molecule has 2 N–H and O–H groups in total. The summed E-state index contributed by atoms with van der Waals surface area (Å²) in [5.41, 5.74) is 1.85. The summed E-state index contributed by atoms with van der Waals surface area (Å²) in [6.07, 6.45) is 2.15. The van der Waals surface area contributed by atoms with Crippen LogP contribution in [0.5, 0.6) is 5.88 Å². The van der Waals surface area contributed by atoms with Crippen LogP contribution < -0.4 is 20.3 Å². The fraction of sp³-hybridized carbons (Fsp3) is 0.381. The number of ether oxygens (including phenoxy) is 1. The van der Waals surface area contributed by atoms with Crippen LogP contribution in [0.3, 0.4) is 0 Å². The summed E-state index contributed by atoms with van der Waals surface area (Å²) >= 11 is 0. The minimum Gasteiger partial charge on any atom is -0.478 e. The van der Waals surface area contributed by atoms with E-state index in [9.17, 15) is 4.79 Å². The van der Waals surface area contributed by atoms with E-state index in [1.807, 2.05) is 61.2 Å². The quantitative estimate of drug-likeness (QED) is 0.569. The van der Waals surface area contributed by atoms with Crippen molar-refractivity contribution in [2.75, 3.05) is 24.6 Å². The zero-order valence-electron chi connectivity index (χ0n) is 16.4. The van der Waals surface area contributed by atoms with E-state index in [4.69, 9.17) is 4.74 Å². The number of hydrogen-bond donors (Lipinski definition) is 2. The van der Waals surface area contributed by atoms with E-state index in [-0.39, 0.29) is 11.9 Å². The minimum absolute atomic E-state index is 0.00534. The third kappa shape index (κ3) is 5.00. The number of amides is 1. The van der Waals surface area contributed by atoms with E-state index in [0.717, 1.165) is 17.8 Å². The molecule has 28 heavy (non-hydrogen) atoms. The maximum absolute atomic E-state index is 12.4. The smallest absolute Gasteiger partial charge is 0.229 e. The number of anilines is 1. The number of carbonyl (C=O) groups excluding carboxylic acids is 1. The number of aliphatic imine (C=N–C) groups is 1. The molecule has 148 valence electrons. The van der Waals surface area contributed by atoms with E-state index in [1.54, 1.807) is 6.20 Å². The summed E-state index contributed by atoms with van der Waals surface area (Å²) in [4.78, 5) is 23.2. The lowest BCUT2D eigenvalue weighted by Gasteiger charge is -2.19. The van der Waals surface area contributed by atoms with Crippen LogP contribution in [0.1, 0.15) is 25.8 Å². The highest BCUT2D eigenvalue weighted by Crippen LogP contribution is 2.21. The SMILES string of the molecule is CCNC(=NCc1cccnc1OCC)NC1CC(=O)N(c2ccccc2)C1. The molecule has 0 radical (unpaired) electrons. The maximum Gasteiger partial charge on any atom is 0.229 e. The van der Waals surface area contributed by atoms with E-state index < -0.39 is 0 Å². The molecule has 1 amide bonds. The van der Waals surface area contributed by atoms with Gasteiger partial charge >= 0.3 is 0 Å². The van der Waals surface area contributed by atoms with Gasteiger partial charge in [0.15, 0.2) is 5.96 Å². The molecule has 1 saturated heterocycles. The summed E-state index contributed by atoms with van der Waals surface area (Å²) in [7, 11) is 0. The Morgan fingerprint density at radius 3 is 2.82 bits per heavy atom. The number of hydrogen-bond acceptors (Lipinski definition) is 4. The first-order valence-corrected chi connectivity index (χ1v) is 9.68. The maximum atomic E-state index is 12.4. The lowest BCUT2D eigenvalue weighted by atomic mass is 10.2. The van der Waals surface area contributed by atoms with Crippen LogP contribution in [0.15, 0.2) is 53.7 Å². The van der Waals surface area contributed by atoms with Gasteiger partial charge in [-0.15, -0.1) is 0 Å². The standard InChI is InChI=1S/C21H27N5O2/c1-3-22-21(24-14-16-9-8-12-23-20(16)28-4-2)25-17-13-19(27)26(15-17)18-10-6-5-7-11-18/h5-12,17H,3-4,13-15H2,1-2H3,(H2,22,24,25). The van der Waals surface area contributed by atoms with Crippen molar-refractivity contribution in [3.8, 4) is 5.88 Å². The van der Waals surface area contributed by atoms with E-state index >= 15 is 0 Å². The molecule has 3 rings (SSSR count). The van der Waals surface area contributed by atoms with Crippen molar-refractivity contribution in [1.29, 1.82) is 0 Å². The molecule has 1 aromatic carbocycles. The fourth-order valence-corrected chi connectivity index (χ4v) is 3.15. The van der Waals surface area contributed by atoms with Crippen LogP contribution in [-0.2, 0) is 11.3 Å². The Morgan fingerprint density at radius 2 is 2.07 bits per heavy atom. The highest BCUT2D eigenvalue weighted by Gasteiger charge is 2.31. The second-order valence-electron chi connectivity index (χ2n) is 6.48. The lowest BCUT2D eigenvalue weighted by Crippen LogP contribution is -2.44. The second-order valence-corrected chi connectivity index (χ2v) is 6.48. The molecular weight excluding hydrogens is 354 g/mol. The molecule has 2 heterocycles. The third-order valence-electron chi connectivity index (χ3n) is 4.42. The Kier molecular flexibility index (Phi) is 6.84. The molecule has 1 aliphatic rings. The average molecular weight is 381 g/mol. The number of nitrogens with zero attached hydrogens (tertiary/aromatic N) is 3. The molecule has 1 atom stereocenters. The Hall–Kier alpha value is -3.09. The van der Waals surface area contributed by atoms with Crippen molar-refractivity contribution >= 4 is 17.6 Å². The number of aromatic nitrogens is 1. The van der Waals surface area contributed by atoms with E-state index in [1.165, 1.54) is 0 Å². The Labute approximate surface area is 165 Å². The predicted molar refractivity (Wildman–Crippen MR) is 111 cm³/mol. The first kappa shape index (κ1) is 19.7. The van der Waals surface area contributed by atoms with Crippen LogP contribution >= 0.6 is 0 Å². The molecule has 7 nitrogen and oxygen atoms in total. The highest BCUT2D eigenvalue weighted by atomic mass is 16.5. The van der Waals surface area contributed by atoms with Crippen molar-refractivity contribution in [3.05, 3.63) is 54.2 Å². The summed E-state index contributed by atoms with van der Waals surface area (Å²) in [5.74, 6) is 1.41. The number of para-hydroxylation sites is 1. The van der Waals surface area contributed by atoms with Gasteiger partial charge in [-0.3, -0.25) is 4.79 Å². The monoisotopic (exact) mass is 381 g/mol. The zero-order chi connectivity index (χ0) is 19.8. The van der Waals surface area contributed by atoms with Crippen LogP contribution in [0.25, 0.3) is 0 Å². The van der Waals surface area contributed by atoms with Crippen LogP contribution in [0.4, 0.5) is 5.69 Å². The molecule has 0 bridgehead atoms. The van der Waals surface area contributed by atoms with Gasteiger partial charge in [0.1, 0.15) is 0 Å². The summed E-state index contributed by atoms with van der Waals surface area (Å²) in [6, 6.07) is 13.6. The van der Waals surface area contributed by atoms with Gasteiger partial charge in [-0.2, -0.15) is 0 Å². The molecule has 0 saturated carbocycles. The average Bonchev–Trinajstić information content (AvgIpc) is 3.08. The van der Waals surface area contributed by atoms with Gasteiger partial charge in [-0.1, -0.05) is 24.3 Å². The second kappa shape index (κ2) is 9.73. The van der Waals surface area contributed by atoms with Gasteiger partial charge in [-0.25, -0.2) is 9.98 Å². The fourth-order valence-electron chi connectivity index (χ4n) is 3.15. The number of nitrogens with one attached hydrogen (secondary N) is 2. The third-order valence-corrected chi connectivity index (χ3v) is 4.42. The first-order chi connectivity index (χ1) is 13.7. The zero-order valence-corrected chi connectivity index (χ0v) is 16.4.